The summed E-state index contributed by atoms with van der Waals surface area (Å²) in [5.74, 6) is 1.00. The summed E-state index contributed by atoms with van der Waals surface area (Å²) < 4.78 is 5.76. The number of benzene rings is 1. The average Bonchev–Trinajstić information content (AvgIpc) is 2.24. The lowest BCUT2D eigenvalue weighted by Crippen LogP contribution is -2.00. The summed E-state index contributed by atoms with van der Waals surface area (Å²) >= 11 is 0. The second kappa shape index (κ2) is 6.54. The van der Waals surface area contributed by atoms with Crippen molar-refractivity contribution in [2.75, 3.05) is 13.2 Å². The summed E-state index contributed by atoms with van der Waals surface area (Å²) in [5.41, 5.74) is 3.76. The predicted octanol–water partition coefficient (Wildman–Crippen LogP) is 3.15. The number of ether oxygens (including phenoxy) is 1. The number of rotatable bonds is 6. The van der Waals surface area contributed by atoms with Gasteiger partial charge in [0.25, 0.3) is 0 Å². The highest BCUT2D eigenvalue weighted by molar-refractivity contribution is 5.41. The molecule has 1 aromatic carbocycles. The SMILES string of the molecule is Cc1cc(C)c(C)c(OCCCCCO)c1. The molecule has 1 rings (SSSR count). The quantitative estimate of drug-likeness (QED) is 0.749. The average molecular weight is 222 g/mol. The van der Waals surface area contributed by atoms with Crippen LogP contribution in [0.1, 0.15) is 36.0 Å². The molecule has 0 radical (unpaired) electrons. The van der Waals surface area contributed by atoms with Crippen LogP contribution < -0.4 is 4.74 Å². The van der Waals surface area contributed by atoms with Gasteiger partial charge in [0.05, 0.1) is 6.61 Å². The van der Waals surface area contributed by atoms with E-state index in [1.54, 1.807) is 0 Å². The zero-order valence-electron chi connectivity index (χ0n) is 10.5. The van der Waals surface area contributed by atoms with Gasteiger partial charge < -0.3 is 9.84 Å². The Balaban J connectivity index is 2.47. The normalized spacial score (nSPS) is 10.5. The first-order valence-corrected chi connectivity index (χ1v) is 5.96. The van der Waals surface area contributed by atoms with E-state index in [4.69, 9.17) is 9.84 Å². The maximum Gasteiger partial charge on any atom is 0.122 e. The molecule has 2 heteroatoms. The van der Waals surface area contributed by atoms with Crippen LogP contribution in [0.5, 0.6) is 5.75 Å². The van der Waals surface area contributed by atoms with Crippen molar-refractivity contribution in [3.05, 3.63) is 28.8 Å². The van der Waals surface area contributed by atoms with Crippen molar-refractivity contribution < 1.29 is 9.84 Å². The minimum absolute atomic E-state index is 0.280. The van der Waals surface area contributed by atoms with Crippen molar-refractivity contribution in [1.29, 1.82) is 0 Å². The van der Waals surface area contributed by atoms with Gasteiger partial charge in [-0.2, -0.15) is 0 Å². The van der Waals surface area contributed by atoms with Gasteiger partial charge in [-0.15, -0.1) is 0 Å². The number of aliphatic hydroxyl groups excluding tert-OH is 1. The first-order valence-electron chi connectivity index (χ1n) is 5.96. The lowest BCUT2D eigenvalue weighted by atomic mass is 10.1. The van der Waals surface area contributed by atoms with Gasteiger partial charge in [-0.05, 0) is 62.8 Å². The number of hydrogen-bond donors (Lipinski definition) is 1. The molecule has 0 heterocycles. The molecular formula is C14H22O2. The zero-order chi connectivity index (χ0) is 12.0. The smallest absolute Gasteiger partial charge is 0.122 e. The number of unbranched alkanes of at least 4 members (excludes halogenated alkanes) is 2. The number of hydrogen-bond acceptors (Lipinski definition) is 2. The first-order chi connectivity index (χ1) is 7.65. The maximum atomic E-state index is 8.66. The molecule has 0 unspecified atom stereocenters. The largest absolute Gasteiger partial charge is 0.493 e. The molecule has 0 aromatic heterocycles. The van der Waals surface area contributed by atoms with E-state index in [9.17, 15) is 0 Å². The van der Waals surface area contributed by atoms with E-state index in [2.05, 4.69) is 32.9 Å². The van der Waals surface area contributed by atoms with Crippen molar-refractivity contribution in [1.82, 2.24) is 0 Å². The van der Waals surface area contributed by atoms with Crippen LogP contribution in [0, 0.1) is 20.8 Å². The Labute approximate surface area is 98.3 Å². The van der Waals surface area contributed by atoms with E-state index in [1.807, 2.05) is 0 Å². The molecule has 0 bridgehead atoms. The number of aliphatic hydroxyl groups is 1. The molecular weight excluding hydrogens is 200 g/mol. The van der Waals surface area contributed by atoms with Gasteiger partial charge in [0.2, 0.25) is 0 Å². The molecule has 1 N–H and O–H groups in total. The molecule has 0 amide bonds. The zero-order valence-corrected chi connectivity index (χ0v) is 10.5. The Morgan fingerprint density at radius 1 is 1.06 bits per heavy atom. The third-order valence-electron chi connectivity index (χ3n) is 2.82. The summed E-state index contributed by atoms with van der Waals surface area (Å²) in [6.45, 7) is 7.32. The first kappa shape index (κ1) is 13.0. The molecule has 0 saturated carbocycles. The second-order valence-corrected chi connectivity index (χ2v) is 4.34. The monoisotopic (exact) mass is 222 g/mol. The van der Waals surface area contributed by atoms with E-state index in [0.717, 1.165) is 31.6 Å². The van der Waals surface area contributed by atoms with Crippen LogP contribution in [-0.4, -0.2) is 18.3 Å². The summed E-state index contributed by atoms with van der Waals surface area (Å²) in [6, 6.07) is 4.27. The highest BCUT2D eigenvalue weighted by atomic mass is 16.5. The summed E-state index contributed by atoms with van der Waals surface area (Å²) in [5, 5.41) is 8.66. The summed E-state index contributed by atoms with van der Waals surface area (Å²) in [7, 11) is 0. The van der Waals surface area contributed by atoms with Gasteiger partial charge in [0.1, 0.15) is 5.75 Å². The van der Waals surface area contributed by atoms with Crippen molar-refractivity contribution in [3.8, 4) is 5.75 Å². The lowest BCUT2D eigenvalue weighted by molar-refractivity contribution is 0.265. The Bertz CT molecular complexity index is 332. The highest BCUT2D eigenvalue weighted by Gasteiger charge is 2.03. The molecule has 0 spiro atoms. The molecule has 0 aliphatic rings. The van der Waals surface area contributed by atoms with Crippen LogP contribution in [0.4, 0.5) is 0 Å². The standard InChI is InChI=1S/C14H22O2/c1-11-9-12(2)13(3)14(10-11)16-8-6-4-5-7-15/h9-10,15H,4-8H2,1-3H3. The van der Waals surface area contributed by atoms with Crippen molar-refractivity contribution in [3.63, 3.8) is 0 Å². The fourth-order valence-corrected chi connectivity index (χ4v) is 1.72. The van der Waals surface area contributed by atoms with Gasteiger partial charge in [-0.1, -0.05) is 6.07 Å². The molecule has 0 saturated heterocycles. The van der Waals surface area contributed by atoms with Crippen LogP contribution in [0.25, 0.3) is 0 Å². The fourth-order valence-electron chi connectivity index (χ4n) is 1.72. The van der Waals surface area contributed by atoms with Crippen molar-refractivity contribution >= 4 is 0 Å². The Morgan fingerprint density at radius 3 is 2.50 bits per heavy atom. The topological polar surface area (TPSA) is 29.5 Å². The van der Waals surface area contributed by atoms with Crippen molar-refractivity contribution in [2.45, 2.75) is 40.0 Å². The van der Waals surface area contributed by atoms with Crippen LogP contribution in [0.2, 0.25) is 0 Å². The molecule has 90 valence electrons. The fraction of sp³-hybridized carbons (Fsp3) is 0.571. The van der Waals surface area contributed by atoms with Crippen LogP contribution in [-0.2, 0) is 0 Å². The number of aryl methyl sites for hydroxylation is 2. The Morgan fingerprint density at radius 2 is 1.81 bits per heavy atom. The molecule has 16 heavy (non-hydrogen) atoms. The van der Waals surface area contributed by atoms with E-state index in [1.165, 1.54) is 16.7 Å². The molecule has 0 aliphatic heterocycles. The molecule has 2 nitrogen and oxygen atoms in total. The minimum atomic E-state index is 0.280. The van der Waals surface area contributed by atoms with E-state index in [0.29, 0.717) is 0 Å². The predicted molar refractivity (Wildman–Crippen MR) is 67.1 cm³/mol. The van der Waals surface area contributed by atoms with E-state index < -0.39 is 0 Å². The van der Waals surface area contributed by atoms with Gasteiger partial charge >= 0.3 is 0 Å². The summed E-state index contributed by atoms with van der Waals surface area (Å²) in [6.07, 6.45) is 2.91. The molecule has 1 aromatic rings. The molecule has 0 fully saturated rings. The molecule has 0 aliphatic carbocycles. The van der Waals surface area contributed by atoms with Crippen LogP contribution in [0.15, 0.2) is 12.1 Å². The van der Waals surface area contributed by atoms with Crippen LogP contribution >= 0.6 is 0 Å². The molecule has 0 atom stereocenters. The van der Waals surface area contributed by atoms with Gasteiger partial charge in [-0.25, -0.2) is 0 Å². The lowest BCUT2D eigenvalue weighted by Gasteiger charge is -2.12. The van der Waals surface area contributed by atoms with E-state index in [-0.39, 0.29) is 6.61 Å². The maximum absolute atomic E-state index is 8.66. The van der Waals surface area contributed by atoms with Crippen LogP contribution in [0.3, 0.4) is 0 Å². The third kappa shape index (κ3) is 3.86. The van der Waals surface area contributed by atoms with Gasteiger partial charge in [0.15, 0.2) is 0 Å². The van der Waals surface area contributed by atoms with Gasteiger partial charge in [0, 0.05) is 6.61 Å². The van der Waals surface area contributed by atoms with Gasteiger partial charge in [-0.3, -0.25) is 0 Å². The Kier molecular flexibility index (Phi) is 5.33. The third-order valence-corrected chi connectivity index (χ3v) is 2.82. The summed E-state index contributed by atoms with van der Waals surface area (Å²) in [4.78, 5) is 0. The van der Waals surface area contributed by atoms with E-state index >= 15 is 0 Å². The highest BCUT2D eigenvalue weighted by Crippen LogP contribution is 2.23. The second-order valence-electron chi connectivity index (χ2n) is 4.34. The van der Waals surface area contributed by atoms with Crippen molar-refractivity contribution in [2.24, 2.45) is 0 Å². The minimum Gasteiger partial charge on any atom is -0.493 e. The Hall–Kier alpha value is -1.02.